The molecule has 0 amide bonds. The predicted molar refractivity (Wildman–Crippen MR) is 94.2 cm³/mol. The molecule has 3 aromatic heterocycles. The van der Waals surface area contributed by atoms with Crippen LogP contribution in [0.1, 0.15) is 38.0 Å². The fourth-order valence-electron chi connectivity index (χ4n) is 3.34. The average molecular weight is 351 g/mol. The van der Waals surface area contributed by atoms with Crippen LogP contribution in [-0.4, -0.2) is 29.2 Å². The highest BCUT2D eigenvalue weighted by Gasteiger charge is 2.30. The topological polar surface area (TPSA) is 98.5 Å². The van der Waals surface area contributed by atoms with E-state index in [1.807, 2.05) is 6.92 Å². The number of phenols is 1. The Hall–Kier alpha value is -3.16. The number of phenolic OH excluding ortho intramolecular Hbond substituents is 1. The zero-order chi connectivity index (χ0) is 17.8. The van der Waals surface area contributed by atoms with Gasteiger partial charge in [-0.15, -0.1) is 0 Å². The first-order valence-corrected chi connectivity index (χ1v) is 8.74. The van der Waals surface area contributed by atoms with E-state index in [9.17, 15) is 9.90 Å². The van der Waals surface area contributed by atoms with Gasteiger partial charge < -0.3 is 14.2 Å². The van der Waals surface area contributed by atoms with E-state index < -0.39 is 0 Å². The minimum absolute atomic E-state index is 0.119. The lowest BCUT2D eigenvalue weighted by atomic mass is 10.2. The molecule has 1 fully saturated rings. The Morgan fingerprint density at radius 2 is 2.15 bits per heavy atom. The molecule has 132 valence electrons. The van der Waals surface area contributed by atoms with Gasteiger partial charge in [-0.2, -0.15) is 4.98 Å². The Morgan fingerprint density at radius 3 is 2.92 bits per heavy atom. The smallest absolute Gasteiger partial charge is 0.277 e. The zero-order valence-corrected chi connectivity index (χ0v) is 14.2. The summed E-state index contributed by atoms with van der Waals surface area (Å²) in [6.45, 7) is 2.54. The largest absolute Gasteiger partial charge is 0.508 e. The number of hydrogen-bond acceptors (Lipinski definition) is 6. The standard InChI is InChI=1S/C18H17N5O3/c1-2-7-22-13-8-11(24)5-6-12(13)23-9-19-14(15(23)18(22)25)16-20-17(26-21-16)10-3-4-10/h5-6,8-10,24H,2-4,7H2,1H3. The normalized spacial score (nSPS) is 14.5. The van der Waals surface area contributed by atoms with Gasteiger partial charge in [-0.05, 0) is 31.4 Å². The fraction of sp³-hybridized carbons (Fsp3) is 0.333. The number of hydrogen-bond donors (Lipinski definition) is 1. The van der Waals surface area contributed by atoms with Gasteiger partial charge in [-0.25, -0.2) is 4.98 Å². The van der Waals surface area contributed by atoms with Crippen LogP contribution in [0.15, 0.2) is 33.8 Å². The SMILES string of the molecule is CCCn1c(=O)c2c(-c3noc(C4CC4)n3)ncn2c2ccc(O)cc21. The van der Waals surface area contributed by atoms with Gasteiger partial charge >= 0.3 is 0 Å². The number of aromatic hydroxyl groups is 1. The molecular formula is C18H17N5O3. The molecular weight excluding hydrogens is 334 g/mol. The van der Waals surface area contributed by atoms with E-state index in [-0.39, 0.29) is 11.3 Å². The van der Waals surface area contributed by atoms with E-state index in [4.69, 9.17) is 4.52 Å². The Labute approximate surface area is 147 Å². The highest BCUT2D eigenvalue weighted by Crippen LogP contribution is 2.39. The molecule has 0 bridgehead atoms. The number of aromatic nitrogens is 5. The lowest BCUT2D eigenvalue weighted by molar-refractivity contribution is 0.380. The average Bonchev–Trinajstić information content (AvgIpc) is 3.19. The van der Waals surface area contributed by atoms with Crippen molar-refractivity contribution in [2.75, 3.05) is 0 Å². The Balaban J connectivity index is 1.82. The molecule has 8 nitrogen and oxygen atoms in total. The van der Waals surface area contributed by atoms with Crippen LogP contribution in [0.2, 0.25) is 0 Å². The first-order chi connectivity index (χ1) is 12.7. The monoisotopic (exact) mass is 351 g/mol. The number of imidazole rings is 1. The molecule has 4 aromatic rings. The number of fused-ring (bicyclic) bond motifs is 3. The summed E-state index contributed by atoms with van der Waals surface area (Å²) in [5.41, 5.74) is 2.11. The Kier molecular flexibility index (Phi) is 3.15. The van der Waals surface area contributed by atoms with E-state index in [2.05, 4.69) is 15.1 Å². The molecule has 1 aliphatic rings. The van der Waals surface area contributed by atoms with Crippen molar-refractivity contribution in [3.63, 3.8) is 0 Å². The van der Waals surface area contributed by atoms with Crippen molar-refractivity contribution in [1.82, 2.24) is 24.1 Å². The zero-order valence-electron chi connectivity index (χ0n) is 14.2. The fourth-order valence-corrected chi connectivity index (χ4v) is 3.34. The second-order valence-electron chi connectivity index (χ2n) is 6.67. The predicted octanol–water partition coefficient (Wildman–Crippen LogP) is 2.69. The molecule has 26 heavy (non-hydrogen) atoms. The third-order valence-electron chi connectivity index (χ3n) is 4.75. The van der Waals surface area contributed by atoms with E-state index >= 15 is 0 Å². The summed E-state index contributed by atoms with van der Waals surface area (Å²) in [6, 6.07) is 4.98. The van der Waals surface area contributed by atoms with Crippen LogP contribution < -0.4 is 5.56 Å². The number of aryl methyl sites for hydroxylation is 1. The summed E-state index contributed by atoms with van der Waals surface area (Å²) < 4.78 is 8.72. The van der Waals surface area contributed by atoms with Gasteiger partial charge in [0.1, 0.15) is 23.3 Å². The van der Waals surface area contributed by atoms with Crippen LogP contribution in [0, 0.1) is 0 Å². The van der Waals surface area contributed by atoms with Crippen molar-refractivity contribution in [1.29, 1.82) is 0 Å². The van der Waals surface area contributed by atoms with Crippen LogP contribution in [-0.2, 0) is 6.54 Å². The van der Waals surface area contributed by atoms with Crippen LogP contribution in [0.5, 0.6) is 5.75 Å². The van der Waals surface area contributed by atoms with E-state index in [1.54, 1.807) is 33.5 Å². The number of benzene rings is 1. The molecule has 1 aromatic carbocycles. The number of nitrogens with zero attached hydrogens (tertiary/aromatic N) is 5. The van der Waals surface area contributed by atoms with Gasteiger partial charge in [0.25, 0.3) is 5.56 Å². The summed E-state index contributed by atoms with van der Waals surface area (Å²) in [5.74, 6) is 1.41. The molecule has 8 heteroatoms. The molecule has 3 heterocycles. The minimum Gasteiger partial charge on any atom is -0.508 e. The molecule has 5 rings (SSSR count). The second kappa shape index (κ2) is 5.42. The maximum Gasteiger partial charge on any atom is 0.277 e. The quantitative estimate of drug-likeness (QED) is 0.607. The van der Waals surface area contributed by atoms with Gasteiger partial charge in [0.05, 0.1) is 11.0 Å². The maximum atomic E-state index is 13.2. The lowest BCUT2D eigenvalue weighted by Gasteiger charge is -2.11. The van der Waals surface area contributed by atoms with Crippen molar-refractivity contribution in [3.05, 3.63) is 40.8 Å². The van der Waals surface area contributed by atoms with Gasteiger partial charge in [-0.3, -0.25) is 9.20 Å². The van der Waals surface area contributed by atoms with Gasteiger partial charge in [0, 0.05) is 18.5 Å². The van der Waals surface area contributed by atoms with Crippen molar-refractivity contribution in [2.24, 2.45) is 0 Å². The molecule has 0 atom stereocenters. The highest BCUT2D eigenvalue weighted by molar-refractivity contribution is 5.84. The van der Waals surface area contributed by atoms with Crippen LogP contribution in [0.25, 0.3) is 28.1 Å². The van der Waals surface area contributed by atoms with E-state index in [0.717, 1.165) is 24.8 Å². The van der Waals surface area contributed by atoms with Crippen LogP contribution in [0.4, 0.5) is 0 Å². The Morgan fingerprint density at radius 1 is 1.31 bits per heavy atom. The highest BCUT2D eigenvalue weighted by atomic mass is 16.5. The molecule has 1 N–H and O–H groups in total. The van der Waals surface area contributed by atoms with Gasteiger partial charge in [0.2, 0.25) is 11.7 Å². The first kappa shape index (κ1) is 15.1. The third kappa shape index (κ3) is 2.15. The Bertz CT molecular complexity index is 1200. The second-order valence-corrected chi connectivity index (χ2v) is 6.67. The van der Waals surface area contributed by atoms with E-state index in [1.165, 1.54) is 0 Å². The van der Waals surface area contributed by atoms with Crippen molar-refractivity contribution >= 4 is 16.6 Å². The summed E-state index contributed by atoms with van der Waals surface area (Å²) >= 11 is 0. The van der Waals surface area contributed by atoms with Gasteiger partial charge in [-0.1, -0.05) is 12.1 Å². The molecule has 0 radical (unpaired) electrons. The maximum absolute atomic E-state index is 13.2. The molecule has 1 aliphatic carbocycles. The van der Waals surface area contributed by atoms with Crippen molar-refractivity contribution in [2.45, 2.75) is 38.6 Å². The molecule has 0 spiro atoms. The van der Waals surface area contributed by atoms with Crippen LogP contribution >= 0.6 is 0 Å². The van der Waals surface area contributed by atoms with E-state index in [0.29, 0.717) is 40.9 Å². The summed E-state index contributed by atoms with van der Waals surface area (Å²) in [7, 11) is 0. The summed E-state index contributed by atoms with van der Waals surface area (Å²) in [5, 5.41) is 13.9. The van der Waals surface area contributed by atoms with Crippen LogP contribution in [0.3, 0.4) is 0 Å². The summed E-state index contributed by atoms with van der Waals surface area (Å²) in [4.78, 5) is 22.0. The number of rotatable bonds is 4. The summed E-state index contributed by atoms with van der Waals surface area (Å²) in [6.07, 6.45) is 4.50. The lowest BCUT2D eigenvalue weighted by Crippen LogP contribution is -2.23. The van der Waals surface area contributed by atoms with Gasteiger partial charge in [0.15, 0.2) is 0 Å². The molecule has 0 aliphatic heterocycles. The minimum atomic E-state index is -0.185. The third-order valence-corrected chi connectivity index (χ3v) is 4.75. The first-order valence-electron chi connectivity index (χ1n) is 8.74. The van der Waals surface area contributed by atoms with Crippen molar-refractivity contribution in [3.8, 4) is 17.3 Å². The molecule has 0 saturated heterocycles. The van der Waals surface area contributed by atoms with Crippen molar-refractivity contribution < 1.29 is 9.63 Å². The molecule has 1 saturated carbocycles. The molecule has 0 unspecified atom stereocenters.